The molecule has 0 spiro atoms. The van der Waals surface area contributed by atoms with E-state index in [0.29, 0.717) is 4.90 Å². The molecule has 0 fully saturated rings. The molecule has 4 heteroatoms. The third-order valence-electron chi connectivity index (χ3n) is 3.26. The van der Waals surface area contributed by atoms with E-state index in [0.717, 1.165) is 22.8 Å². The summed E-state index contributed by atoms with van der Waals surface area (Å²) in [6.45, 7) is 4.94. The lowest BCUT2D eigenvalue weighted by molar-refractivity contribution is 0.405. The molecule has 0 bridgehead atoms. The molecule has 2 aromatic carbocycles. The molecule has 1 N–H and O–H groups in total. The molecule has 1 unspecified atom stereocenters. The van der Waals surface area contributed by atoms with Crippen LogP contribution in [0.2, 0.25) is 0 Å². The van der Waals surface area contributed by atoms with Crippen molar-refractivity contribution in [1.29, 1.82) is 0 Å². The van der Waals surface area contributed by atoms with E-state index < -0.39 is 0 Å². The second-order valence-electron chi connectivity index (χ2n) is 4.72. The van der Waals surface area contributed by atoms with E-state index in [2.05, 4.69) is 5.32 Å². The average molecular weight is 305 g/mol. The van der Waals surface area contributed by atoms with E-state index in [1.807, 2.05) is 50.2 Å². The Bertz CT molecular complexity index is 603. The molecular weight excluding hydrogens is 285 g/mol. The maximum absolute atomic E-state index is 14.3. The second-order valence-corrected chi connectivity index (χ2v) is 5.81. The number of hydrogen-bond donors (Lipinski definition) is 1. The lowest BCUT2D eigenvalue weighted by Gasteiger charge is -2.14. The summed E-state index contributed by atoms with van der Waals surface area (Å²) >= 11 is 1.38. The van der Waals surface area contributed by atoms with Crippen LogP contribution >= 0.6 is 11.8 Å². The summed E-state index contributed by atoms with van der Waals surface area (Å²) in [6, 6.07) is 13.2. The van der Waals surface area contributed by atoms with Crippen molar-refractivity contribution in [3.05, 3.63) is 53.8 Å². The van der Waals surface area contributed by atoms with Gasteiger partial charge in [-0.05, 0) is 43.3 Å². The van der Waals surface area contributed by atoms with Gasteiger partial charge in [-0.2, -0.15) is 0 Å². The van der Waals surface area contributed by atoms with Crippen LogP contribution in [0.25, 0.3) is 0 Å². The minimum absolute atomic E-state index is 0.148. The zero-order chi connectivity index (χ0) is 15.2. The fourth-order valence-electron chi connectivity index (χ4n) is 2.11. The van der Waals surface area contributed by atoms with Crippen LogP contribution < -0.4 is 10.1 Å². The predicted octanol–water partition coefficient (Wildman–Crippen LogP) is 4.66. The first-order chi connectivity index (χ1) is 10.2. The van der Waals surface area contributed by atoms with Gasteiger partial charge in [-0.3, -0.25) is 0 Å². The Labute approximate surface area is 129 Å². The maximum atomic E-state index is 14.3. The minimum atomic E-state index is -0.201. The highest BCUT2D eigenvalue weighted by molar-refractivity contribution is 7.99. The lowest BCUT2D eigenvalue weighted by atomic mass is 10.1. The Hall–Kier alpha value is -1.52. The zero-order valence-electron chi connectivity index (χ0n) is 12.5. The predicted molar refractivity (Wildman–Crippen MR) is 85.6 cm³/mol. The van der Waals surface area contributed by atoms with Gasteiger partial charge in [-0.15, -0.1) is 0 Å². The summed E-state index contributed by atoms with van der Waals surface area (Å²) < 4.78 is 19.6. The number of halogens is 1. The lowest BCUT2D eigenvalue weighted by Crippen LogP contribution is -2.17. The quantitative estimate of drug-likeness (QED) is 0.839. The average Bonchev–Trinajstić information content (AvgIpc) is 2.50. The van der Waals surface area contributed by atoms with Crippen LogP contribution in [0.3, 0.4) is 0 Å². The molecule has 0 heterocycles. The van der Waals surface area contributed by atoms with Crippen molar-refractivity contribution in [3.8, 4) is 5.75 Å². The van der Waals surface area contributed by atoms with Gasteiger partial charge in [0.25, 0.3) is 0 Å². The van der Waals surface area contributed by atoms with Gasteiger partial charge in [0.2, 0.25) is 0 Å². The highest BCUT2D eigenvalue weighted by atomic mass is 32.2. The molecule has 2 nitrogen and oxygen atoms in total. The van der Waals surface area contributed by atoms with Gasteiger partial charge in [-0.25, -0.2) is 4.39 Å². The number of hydrogen-bond acceptors (Lipinski definition) is 3. The fraction of sp³-hybridized carbons (Fsp3) is 0.294. The highest BCUT2D eigenvalue weighted by Crippen LogP contribution is 2.36. The van der Waals surface area contributed by atoms with Gasteiger partial charge >= 0.3 is 0 Å². The number of para-hydroxylation sites is 1. The van der Waals surface area contributed by atoms with Crippen molar-refractivity contribution in [3.63, 3.8) is 0 Å². The summed E-state index contributed by atoms with van der Waals surface area (Å²) in [5, 5.41) is 3.28. The van der Waals surface area contributed by atoms with Gasteiger partial charge in [-0.1, -0.05) is 36.9 Å². The van der Waals surface area contributed by atoms with Crippen LogP contribution in [0.15, 0.2) is 52.3 Å². The molecule has 21 heavy (non-hydrogen) atoms. The van der Waals surface area contributed by atoms with Crippen molar-refractivity contribution in [2.24, 2.45) is 0 Å². The second kappa shape index (κ2) is 7.48. The molecular formula is C17H20FNOS. The Morgan fingerprint density at radius 2 is 1.95 bits per heavy atom. The summed E-state index contributed by atoms with van der Waals surface area (Å²) in [6.07, 6.45) is 0. The number of benzene rings is 2. The van der Waals surface area contributed by atoms with Gasteiger partial charge < -0.3 is 10.1 Å². The van der Waals surface area contributed by atoms with Gasteiger partial charge in [0.1, 0.15) is 11.6 Å². The third kappa shape index (κ3) is 3.99. The zero-order valence-corrected chi connectivity index (χ0v) is 13.3. The maximum Gasteiger partial charge on any atom is 0.137 e. The highest BCUT2D eigenvalue weighted by Gasteiger charge is 2.11. The van der Waals surface area contributed by atoms with E-state index in [-0.39, 0.29) is 11.9 Å². The molecule has 2 rings (SSSR count). The summed E-state index contributed by atoms with van der Waals surface area (Å²) in [7, 11) is 1.62. The Kier molecular flexibility index (Phi) is 5.65. The van der Waals surface area contributed by atoms with Crippen LogP contribution in [-0.2, 0) is 0 Å². The first-order valence-electron chi connectivity index (χ1n) is 6.99. The normalized spacial score (nSPS) is 12.2. The number of nitrogens with one attached hydrogen (secondary N) is 1. The molecule has 0 saturated heterocycles. The first kappa shape index (κ1) is 15.9. The van der Waals surface area contributed by atoms with Crippen molar-refractivity contribution < 1.29 is 9.13 Å². The molecule has 1 atom stereocenters. The number of rotatable bonds is 6. The van der Waals surface area contributed by atoms with Crippen molar-refractivity contribution in [2.75, 3.05) is 13.7 Å². The fourth-order valence-corrected chi connectivity index (χ4v) is 3.04. The van der Waals surface area contributed by atoms with E-state index >= 15 is 0 Å². The standard InChI is InChI=1S/C17H20FNOS/c1-4-19-12(2)13-9-10-16(14(18)11-13)21-17-8-6-5-7-15(17)20-3/h5-12,19H,4H2,1-3H3. The van der Waals surface area contributed by atoms with Crippen molar-refractivity contribution >= 4 is 11.8 Å². The van der Waals surface area contributed by atoms with Crippen LogP contribution in [-0.4, -0.2) is 13.7 Å². The molecule has 2 aromatic rings. The van der Waals surface area contributed by atoms with E-state index in [1.165, 1.54) is 11.8 Å². The Morgan fingerprint density at radius 3 is 2.62 bits per heavy atom. The Balaban J connectivity index is 2.21. The van der Waals surface area contributed by atoms with Crippen LogP contribution in [0.4, 0.5) is 4.39 Å². The largest absolute Gasteiger partial charge is 0.496 e. The summed E-state index contributed by atoms with van der Waals surface area (Å²) in [5.74, 6) is 0.556. The van der Waals surface area contributed by atoms with Gasteiger partial charge in [0.05, 0.1) is 12.0 Å². The molecule has 0 aliphatic rings. The van der Waals surface area contributed by atoms with Gasteiger partial charge in [0, 0.05) is 10.9 Å². The van der Waals surface area contributed by atoms with Crippen LogP contribution in [0.5, 0.6) is 5.75 Å². The van der Waals surface area contributed by atoms with Crippen LogP contribution in [0, 0.1) is 5.82 Å². The van der Waals surface area contributed by atoms with E-state index in [1.54, 1.807) is 13.2 Å². The number of methoxy groups -OCH3 is 1. The molecule has 0 radical (unpaired) electrons. The minimum Gasteiger partial charge on any atom is -0.496 e. The summed E-state index contributed by atoms with van der Waals surface area (Å²) in [5.41, 5.74) is 0.957. The smallest absolute Gasteiger partial charge is 0.137 e. The van der Waals surface area contributed by atoms with Gasteiger partial charge in [0.15, 0.2) is 0 Å². The SMILES string of the molecule is CCNC(C)c1ccc(Sc2ccccc2OC)c(F)c1. The number of ether oxygens (including phenoxy) is 1. The first-order valence-corrected chi connectivity index (χ1v) is 7.81. The third-order valence-corrected chi connectivity index (χ3v) is 4.36. The van der Waals surface area contributed by atoms with E-state index in [9.17, 15) is 4.39 Å². The molecule has 0 amide bonds. The molecule has 0 saturated carbocycles. The molecule has 0 aromatic heterocycles. The van der Waals surface area contributed by atoms with Crippen LogP contribution in [0.1, 0.15) is 25.5 Å². The molecule has 0 aliphatic carbocycles. The van der Waals surface area contributed by atoms with Crippen molar-refractivity contribution in [1.82, 2.24) is 5.32 Å². The molecule has 0 aliphatic heterocycles. The topological polar surface area (TPSA) is 21.3 Å². The van der Waals surface area contributed by atoms with Crippen molar-refractivity contribution in [2.45, 2.75) is 29.7 Å². The monoisotopic (exact) mass is 305 g/mol. The summed E-state index contributed by atoms with van der Waals surface area (Å²) in [4.78, 5) is 1.51. The molecule has 112 valence electrons. The van der Waals surface area contributed by atoms with E-state index in [4.69, 9.17) is 4.74 Å². The Morgan fingerprint density at radius 1 is 1.19 bits per heavy atom.